The topological polar surface area (TPSA) is 75.7 Å². The molecule has 33 heavy (non-hydrogen) atoms. The van der Waals surface area contributed by atoms with Crippen molar-refractivity contribution in [2.24, 2.45) is 0 Å². The molecule has 168 valence electrons. The van der Waals surface area contributed by atoms with Gasteiger partial charge >= 0.3 is 0 Å². The van der Waals surface area contributed by atoms with E-state index in [9.17, 15) is 17.6 Å². The maximum atomic E-state index is 14.5. The number of carbonyl (C=O) groups is 1. The summed E-state index contributed by atoms with van der Waals surface area (Å²) in [5, 5.41) is 4.25. The van der Waals surface area contributed by atoms with E-state index in [0.29, 0.717) is 17.2 Å². The highest BCUT2D eigenvalue weighted by Crippen LogP contribution is 2.29. The van der Waals surface area contributed by atoms with E-state index in [1.165, 1.54) is 24.3 Å². The van der Waals surface area contributed by atoms with Gasteiger partial charge in [-0.05, 0) is 60.0 Å². The van der Waals surface area contributed by atoms with Crippen molar-refractivity contribution < 1.29 is 22.3 Å². The number of hydrogen-bond acceptors (Lipinski definition) is 5. The zero-order valence-corrected chi connectivity index (χ0v) is 18.9. The lowest BCUT2D eigenvalue weighted by Gasteiger charge is -2.23. The molecule has 4 rings (SSSR count). The molecule has 0 bridgehead atoms. The molecule has 0 atom stereocenters. The zero-order chi connectivity index (χ0) is 23.3. The zero-order valence-electron chi connectivity index (χ0n) is 17.2. The standard InChI is InChI=1S/C24H19FN2O4S2/c25-21-9-4-5-10-22(21)27(33(29,30)24-11-6-16-32-24)17-23(28)26-18-12-14-20(15-13-18)31-19-7-2-1-3-8-19/h1-16H,17H2,(H,26,28). The molecule has 1 aromatic heterocycles. The first-order chi connectivity index (χ1) is 15.9. The minimum atomic E-state index is -4.13. The van der Waals surface area contributed by atoms with E-state index in [0.717, 1.165) is 21.7 Å². The van der Waals surface area contributed by atoms with E-state index in [4.69, 9.17) is 4.74 Å². The average Bonchev–Trinajstić information content (AvgIpc) is 3.36. The third kappa shape index (κ3) is 5.39. The molecule has 0 radical (unpaired) electrons. The summed E-state index contributed by atoms with van der Waals surface area (Å²) in [6.07, 6.45) is 0. The van der Waals surface area contributed by atoms with E-state index in [1.807, 2.05) is 30.3 Å². The van der Waals surface area contributed by atoms with Crippen LogP contribution in [0.25, 0.3) is 0 Å². The highest BCUT2D eigenvalue weighted by Gasteiger charge is 2.29. The number of amides is 1. The molecule has 1 amide bonds. The second-order valence-corrected chi connectivity index (χ2v) is 9.92. The van der Waals surface area contributed by atoms with E-state index in [1.54, 1.807) is 35.7 Å². The first-order valence-electron chi connectivity index (χ1n) is 9.87. The Balaban J connectivity index is 1.51. The molecule has 0 saturated heterocycles. The third-order valence-corrected chi connectivity index (χ3v) is 7.70. The molecule has 4 aromatic rings. The van der Waals surface area contributed by atoms with Crippen molar-refractivity contribution >= 4 is 38.6 Å². The van der Waals surface area contributed by atoms with Crippen molar-refractivity contribution in [3.05, 3.63) is 102 Å². The van der Waals surface area contributed by atoms with Crippen LogP contribution in [0.1, 0.15) is 0 Å². The number of thiophene rings is 1. The first-order valence-corrected chi connectivity index (χ1v) is 12.2. The molecule has 0 saturated carbocycles. The summed E-state index contributed by atoms with van der Waals surface area (Å²) >= 11 is 0.994. The van der Waals surface area contributed by atoms with Gasteiger partial charge in [0.15, 0.2) is 0 Å². The fraction of sp³-hybridized carbons (Fsp3) is 0.0417. The Kier molecular flexibility index (Phi) is 6.71. The molecule has 0 fully saturated rings. The van der Waals surface area contributed by atoms with E-state index >= 15 is 0 Å². The minimum Gasteiger partial charge on any atom is -0.457 e. The summed E-state index contributed by atoms with van der Waals surface area (Å²) in [7, 11) is -4.13. The lowest BCUT2D eigenvalue weighted by Crippen LogP contribution is -2.38. The van der Waals surface area contributed by atoms with Crippen LogP contribution in [0.4, 0.5) is 15.8 Å². The number of nitrogens with zero attached hydrogens (tertiary/aromatic N) is 1. The second-order valence-electron chi connectivity index (χ2n) is 6.88. The molecule has 0 aliphatic rings. The van der Waals surface area contributed by atoms with Gasteiger partial charge in [0.05, 0.1) is 5.69 Å². The van der Waals surface area contributed by atoms with Crippen molar-refractivity contribution in [2.75, 3.05) is 16.2 Å². The van der Waals surface area contributed by atoms with Gasteiger partial charge in [-0.1, -0.05) is 36.4 Å². The lowest BCUT2D eigenvalue weighted by molar-refractivity contribution is -0.114. The normalized spacial score (nSPS) is 11.1. The SMILES string of the molecule is O=C(CN(c1ccccc1F)S(=O)(=O)c1cccs1)Nc1ccc(Oc2ccccc2)cc1. The number of benzene rings is 3. The maximum Gasteiger partial charge on any atom is 0.274 e. The van der Waals surface area contributed by atoms with Crippen LogP contribution in [-0.4, -0.2) is 20.9 Å². The van der Waals surface area contributed by atoms with Crippen molar-refractivity contribution in [1.29, 1.82) is 0 Å². The number of halogens is 1. The highest BCUT2D eigenvalue weighted by molar-refractivity contribution is 7.94. The summed E-state index contributed by atoms with van der Waals surface area (Å²) in [5.74, 6) is -0.107. The molecule has 0 aliphatic heterocycles. The Morgan fingerprint density at radius 3 is 2.21 bits per heavy atom. The molecule has 3 aromatic carbocycles. The Morgan fingerprint density at radius 1 is 0.879 bits per heavy atom. The third-order valence-electron chi connectivity index (χ3n) is 4.56. The van der Waals surface area contributed by atoms with Gasteiger partial charge in [-0.15, -0.1) is 11.3 Å². The molecule has 0 aliphatic carbocycles. The summed E-state index contributed by atoms with van der Waals surface area (Å²) in [4.78, 5) is 12.7. The van der Waals surface area contributed by atoms with Gasteiger partial charge in [0, 0.05) is 5.69 Å². The number of rotatable bonds is 8. The molecule has 9 heteroatoms. The summed E-state index contributed by atoms with van der Waals surface area (Å²) in [6.45, 7) is -0.594. The van der Waals surface area contributed by atoms with Gasteiger partial charge in [-0.2, -0.15) is 0 Å². The largest absolute Gasteiger partial charge is 0.457 e. The average molecular weight is 483 g/mol. The summed E-state index contributed by atoms with van der Waals surface area (Å²) in [6, 6.07) is 24.3. The van der Waals surface area contributed by atoms with Crippen LogP contribution >= 0.6 is 11.3 Å². The van der Waals surface area contributed by atoms with Crippen LogP contribution in [0.15, 0.2) is 101 Å². The number of carbonyl (C=O) groups excluding carboxylic acids is 1. The quantitative estimate of drug-likeness (QED) is 0.359. The Labute approximate surface area is 194 Å². The molecule has 1 N–H and O–H groups in total. The molecule has 0 spiro atoms. The van der Waals surface area contributed by atoms with Crippen LogP contribution in [0.5, 0.6) is 11.5 Å². The first kappa shape index (κ1) is 22.5. The number of hydrogen-bond donors (Lipinski definition) is 1. The smallest absolute Gasteiger partial charge is 0.274 e. The van der Waals surface area contributed by atoms with Crippen molar-refractivity contribution in [3.63, 3.8) is 0 Å². The Morgan fingerprint density at radius 2 is 1.55 bits per heavy atom. The fourth-order valence-corrected chi connectivity index (χ4v) is 5.57. The minimum absolute atomic E-state index is 0.0148. The second kappa shape index (κ2) is 9.85. The summed E-state index contributed by atoms with van der Waals surface area (Å²) < 4.78 is 47.2. The number of ether oxygens (including phenoxy) is 1. The molecule has 6 nitrogen and oxygen atoms in total. The number of para-hydroxylation sites is 2. The van der Waals surface area contributed by atoms with Gasteiger partial charge in [0.25, 0.3) is 10.0 Å². The molecular formula is C24H19FN2O4S2. The van der Waals surface area contributed by atoms with Gasteiger partial charge in [0.1, 0.15) is 28.1 Å². The van der Waals surface area contributed by atoms with Gasteiger partial charge < -0.3 is 10.1 Å². The van der Waals surface area contributed by atoms with Gasteiger partial charge in [0.2, 0.25) is 5.91 Å². The van der Waals surface area contributed by atoms with Crippen LogP contribution in [-0.2, 0) is 14.8 Å². The van der Waals surface area contributed by atoms with Crippen LogP contribution in [0.2, 0.25) is 0 Å². The number of anilines is 2. The molecule has 0 unspecified atom stereocenters. The van der Waals surface area contributed by atoms with Gasteiger partial charge in [-0.3, -0.25) is 9.10 Å². The monoisotopic (exact) mass is 482 g/mol. The van der Waals surface area contributed by atoms with Crippen molar-refractivity contribution in [2.45, 2.75) is 4.21 Å². The highest BCUT2D eigenvalue weighted by atomic mass is 32.2. The number of sulfonamides is 1. The van der Waals surface area contributed by atoms with E-state index in [-0.39, 0.29) is 9.90 Å². The van der Waals surface area contributed by atoms with E-state index < -0.39 is 28.3 Å². The van der Waals surface area contributed by atoms with E-state index in [2.05, 4.69) is 5.32 Å². The van der Waals surface area contributed by atoms with Crippen LogP contribution in [0.3, 0.4) is 0 Å². The fourth-order valence-electron chi connectivity index (χ4n) is 3.03. The predicted octanol–water partition coefficient (Wildman–Crippen LogP) is 5.51. The Hall–Kier alpha value is -3.69. The predicted molar refractivity (Wildman–Crippen MR) is 127 cm³/mol. The van der Waals surface area contributed by atoms with Crippen molar-refractivity contribution in [3.8, 4) is 11.5 Å². The Bertz CT molecular complexity index is 1330. The van der Waals surface area contributed by atoms with Crippen LogP contribution in [0, 0.1) is 5.82 Å². The van der Waals surface area contributed by atoms with Crippen molar-refractivity contribution in [1.82, 2.24) is 0 Å². The number of nitrogens with one attached hydrogen (secondary N) is 1. The summed E-state index contributed by atoms with van der Waals surface area (Å²) in [5.41, 5.74) is 0.245. The maximum absolute atomic E-state index is 14.5. The van der Waals surface area contributed by atoms with Crippen LogP contribution < -0.4 is 14.4 Å². The lowest BCUT2D eigenvalue weighted by atomic mass is 10.3. The molecular weight excluding hydrogens is 463 g/mol. The molecule has 1 heterocycles. The van der Waals surface area contributed by atoms with Gasteiger partial charge in [-0.25, -0.2) is 12.8 Å².